The first-order valence-electron chi connectivity index (χ1n) is 12.8. The molecule has 204 valence electrons. The Balaban J connectivity index is 1.28. The third-order valence-corrected chi connectivity index (χ3v) is 7.82. The Morgan fingerprint density at radius 3 is 2.73 bits per heavy atom. The molecule has 7 nitrogen and oxygen atoms in total. The number of carboxylic acid groups (broad SMARTS) is 1. The zero-order chi connectivity index (χ0) is 27.8. The molecule has 0 aliphatic carbocycles. The van der Waals surface area contributed by atoms with E-state index in [1.807, 2.05) is 22.9 Å². The fourth-order valence-electron chi connectivity index (χ4n) is 4.74. The monoisotopic (exact) mass is 561 g/mol. The molecule has 0 bridgehead atoms. The molecule has 0 saturated carbocycles. The van der Waals surface area contributed by atoms with Gasteiger partial charge in [-0.1, -0.05) is 6.07 Å². The lowest BCUT2D eigenvalue weighted by Gasteiger charge is -2.27. The van der Waals surface area contributed by atoms with Crippen LogP contribution in [-0.4, -0.2) is 38.3 Å². The molecule has 1 N–H and O–H groups in total. The third kappa shape index (κ3) is 5.32. The second kappa shape index (κ2) is 10.8. The molecule has 4 heterocycles. The van der Waals surface area contributed by atoms with Crippen LogP contribution in [0.1, 0.15) is 38.6 Å². The number of aromatic nitrogens is 3. The van der Waals surface area contributed by atoms with Crippen LogP contribution in [0, 0.1) is 18.6 Å². The Labute approximate surface area is 232 Å². The minimum atomic E-state index is -1.05. The number of aryl methyl sites for hydroxylation is 1. The van der Waals surface area contributed by atoms with Crippen LogP contribution in [0.2, 0.25) is 0 Å². The number of pyridine rings is 1. The van der Waals surface area contributed by atoms with Gasteiger partial charge in [-0.3, -0.25) is 0 Å². The number of nitrogens with zero attached hydrogens (tertiary/aromatic N) is 3. The molecule has 0 spiro atoms. The van der Waals surface area contributed by atoms with E-state index >= 15 is 8.78 Å². The number of fused-ring (bicyclic) bond motifs is 1. The maximum absolute atomic E-state index is 15.4. The molecule has 40 heavy (non-hydrogen) atoms. The van der Waals surface area contributed by atoms with Gasteiger partial charge < -0.3 is 19.1 Å². The van der Waals surface area contributed by atoms with Crippen LogP contribution in [0.3, 0.4) is 0 Å². The van der Waals surface area contributed by atoms with Gasteiger partial charge in [0.2, 0.25) is 5.88 Å². The summed E-state index contributed by atoms with van der Waals surface area (Å²) in [6, 6.07) is 14.0. The Morgan fingerprint density at radius 2 is 2.00 bits per heavy atom. The normalized spacial score (nSPS) is 14.8. The Kier molecular flexibility index (Phi) is 7.03. The highest BCUT2D eigenvalue weighted by atomic mass is 32.1. The lowest BCUT2D eigenvalue weighted by atomic mass is 10.0. The van der Waals surface area contributed by atoms with Gasteiger partial charge in [-0.05, 0) is 66.8 Å². The number of ether oxygens (including phenoxy) is 2. The first-order chi connectivity index (χ1) is 19.3. The molecule has 1 fully saturated rings. The van der Waals surface area contributed by atoms with Gasteiger partial charge in [0.1, 0.15) is 24.1 Å². The van der Waals surface area contributed by atoms with Crippen molar-refractivity contribution in [2.45, 2.75) is 39.0 Å². The third-order valence-electron chi connectivity index (χ3n) is 6.91. The molecule has 1 aliphatic rings. The molecule has 3 aromatic heterocycles. The van der Waals surface area contributed by atoms with Crippen molar-refractivity contribution in [3.8, 4) is 17.1 Å². The van der Waals surface area contributed by atoms with E-state index in [0.29, 0.717) is 42.5 Å². The zero-order valence-corrected chi connectivity index (χ0v) is 22.4. The Bertz CT molecular complexity index is 1730. The van der Waals surface area contributed by atoms with Crippen molar-refractivity contribution >= 4 is 28.3 Å². The summed E-state index contributed by atoms with van der Waals surface area (Å²) in [7, 11) is 0. The van der Waals surface area contributed by atoms with Gasteiger partial charge in [0.25, 0.3) is 0 Å². The number of halogens is 2. The maximum Gasteiger partial charge on any atom is 0.335 e. The first kappa shape index (κ1) is 26.1. The summed E-state index contributed by atoms with van der Waals surface area (Å²) < 4.78 is 44.0. The van der Waals surface area contributed by atoms with E-state index in [9.17, 15) is 9.90 Å². The quantitative estimate of drug-likeness (QED) is 0.224. The molecule has 1 atom stereocenters. The second-order valence-electron chi connectivity index (χ2n) is 9.74. The standard InChI is InChI=1S/C30H25F2N3O4S/c1-17-9-18(16-40-17)15-39-29-4-2-3-25(34-29)22-13-23(31)20(10-24(22)32)12-28-33-26-6-5-19(30(36)37)11-27(26)35(28)14-21-7-8-38-21/h2-6,9-11,13,16,21H,7-8,12,14-15H2,1H3,(H,36,37)/t21-/m0/s1. The van der Waals surface area contributed by atoms with Crippen LogP contribution in [0.15, 0.2) is 60.0 Å². The van der Waals surface area contributed by atoms with E-state index in [2.05, 4.69) is 9.97 Å². The van der Waals surface area contributed by atoms with Crippen molar-refractivity contribution in [1.29, 1.82) is 0 Å². The zero-order valence-electron chi connectivity index (χ0n) is 21.6. The number of hydrogen-bond donors (Lipinski definition) is 1. The van der Waals surface area contributed by atoms with Crippen LogP contribution < -0.4 is 4.74 Å². The number of rotatable bonds is 9. The maximum atomic E-state index is 15.4. The highest BCUT2D eigenvalue weighted by Gasteiger charge is 2.23. The van der Waals surface area contributed by atoms with Gasteiger partial charge in [-0.25, -0.2) is 23.5 Å². The molecule has 10 heteroatoms. The summed E-state index contributed by atoms with van der Waals surface area (Å²) in [4.78, 5) is 21.7. The summed E-state index contributed by atoms with van der Waals surface area (Å²) in [6.07, 6.45) is 0.833. The molecule has 1 saturated heterocycles. The number of aromatic carboxylic acids is 1. The van der Waals surface area contributed by atoms with E-state index in [1.165, 1.54) is 17.0 Å². The summed E-state index contributed by atoms with van der Waals surface area (Å²) >= 11 is 1.63. The molecule has 0 unspecified atom stereocenters. The highest BCUT2D eigenvalue weighted by Crippen LogP contribution is 2.29. The Morgan fingerprint density at radius 1 is 1.15 bits per heavy atom. The van der Waals surface area contributed by atoms with E-state index in [1.54, 1.807) is 41.7 Å². The molecule has 0 radical (unpaired) electrons. The van der Waals surface area contributed by atoms with E-state index in [4.69, 9.17) is 9.47 Å². The second-order valence-corrected chi connectivity index (χ2v) is 10.9. The fraction of sp³-hybridized carbons (Fsp3) is 0.233. The topological polar surface area (TPSA) is 86.5 Å². The summed E-state index contributed by atoms with van der Waals surface area (Å²) in [6.45, 7) is 3.44. The van der Waals surface area contributed by atoms with Crippen LogP contribution in [0.25, 0.3) is 22.3 Å². The fourth-order valence-corrected chi connectivity index (χ4v) is 5.44. The molecular weight excluding hydrogens is 536 g/mol. The van der Waals surface area contributed by atoms with E-state index < -0.39 is 17.6 Å². The highest BCUT2D eigenvalue weighted by molar-refractivity contribution is 7.10. The summed E-state index contributed by atoms with van der Waals surface area (Å²) in [5, 5.41) is 11.5. The largest absolute Gasteiger partial charge is 0.478 e. The molecular formula is C30H25F2N3O4S. The molecule has 5 aromatic rings. The van der Waals surface area contributed by atoms with Crippen molar-refractivity contribution in [2.75, 3.05) is 6.61 Å². The van der Waals surface area contributed by atoms with Crippen LogP contribution >= 0.6 is 11.3 Å². The van der Waals surface area contributed by atoms with Gasteiger partial charge in [0, 0.05) is 35.1 Å². The van der Waals surface area contributed by atoms with Crippen LogP contribution in [0.5, 0.6) is 5.88 Å². The molecule has 1 aliphatic heterocycles. The minimum Gasteiger partial charge on any atom is -0.478 e. The number of carbonyl (C=O) groups is 1. The van der Waals surface area contributed by atoms with Crippen LogP contribution in [0.4, 0.5) is 8.78 Å². The van der Waals surface area contributed by atoms with Gasteiger partial charge in [0.15, 0.2) is 0 Å². The smallest absolute Gasteiger partial charge is 0.335 e. The average molecular weight is 562 g/mol. The average Bonchev–Trinajstić information content (AvgIpc) is 3.49. The van der Waals surface area contributed by atoms with Gasteiger partial charge in [0.05, 0.1) is 34.9 Å². The van der Waals surface area contributed by atoms with Gasteiger partial charge >= 0.3 is 5.97 Å². The molecule has 6 rings (SSSR count). The van der Waals surface area contributed by atoms with Crippen molar-refractivity contribution in [3.05, 3.63) is 99.0 Å². The number of carboxylic acids is 1. The first-order valence-corrected chi connectivity index (χ1v) is 13.7. The SMILES string of the molecule is Cc1cc(COc2cccc(-c3cc(F)c(Cc4nc5ccc(C(=O)O)cc5n4C[C@@H]4CCO4)cc3F)n2)cs1. The van der Waals surface area contributed by atoms with Crippen molar-refractivity contribution in [2.24, 2.45) is 0 Å². The number of imidazole rings is 1. The lowest BCUT2D eigenvalue weighted by molar-refractivity contribution is -0.0589. The lowest BCUT2D eigenvalue weighted by Crippen LogP contribution is -2.31. The molecule has 0 amide bonds. The van der Waals surface area contributed by atoms with Crippen molar-refractivity contribution in [1.82, 2.24) is 14.5 Å². The summed E-state index contributed by atoms with van der Waals surface area (Å²) in [5.74, 6) is -1.45. The summed E-state index contributed by atoms with van der Waals surface area (Å²) in [5.41, 5.74) is 2.76. The van der Waals surface area contributed by atoms with Crippen molar-refractivity contribution in [3.63, 3.8) is 0 Å². The van der Waals surface area contributed by atoms with Gasteiger partial charge in [-0.15, -0.1) is 11.3 Å². The number of benzene rings is 2. The number of hydrogen-bond acceptors (Lipinski definition) is 6. The number of thiophene rings is 1. The Hall–Kier alpha value is -4.15. The van der Waals surface area contributed by atoms with Crippen LogP contribution in [-0.2, 0) is 24.3 Å². The van der Waals surface area contributed by atoms with Crippen molar-refractivity contribution < 1.29 is 28.2 Å². The van der Waals surface area contributed by atoms with Gasteiger partial charge in [-0.2, -0.15) is 0 Å². The predicted molar refractivity (Wildman–Crippen MR) is 147 cm³/mol. The molecule has 2 aromatic carbocycles. The minimum absolute atomic E-state index is 0.0173. The van der Waals surface area contributed by atoms with E-state index in [0.717, 1.165) is 18.1 Å². The van der Waals surface area contributed by atoms with E-state index in [-0.39, 0.29) is 34.9 Å². The predicted octanol–water partition coefficient (Wildman–Crippen LogP) is 6.40.